The Hall–Kier alpha value is -0.510. The highest BCUT2D eigenvalue weighted by Gasteiger charge is 2.02. The quantitative estimate of drug-likeness (QED) is 0.715. The molecule has 0 saturated heterocycles. The third kappa shape index (κ3) is 3.38. The van der Waals surface area contributed by atoms with Crippen molar-refractivity contribution in [2.75, 3.05) is 12.8 Å². The lowest BCUT2D eigenvalue weighted by molar-refractivity contribution is 0.183. The second-order valence-electron chi connectivity index (χ2n) is 2.94. The van der Waals surface area contributed by atoms with Crippen molar-refractivity contribution < 1.29 is 5.11 Å². The van der Waals surface area contributed by atoms with Crippen LogP contribution in [0, 0.1) is 0 Å². The maximum atomic E-state index is 9.31. The monoisotopic (exact) mass is 197 g/mol. The van der Waals surface area contributed by atoms with E-state index in [0.717, 1.165) is 5.56 Å². The van der Waals surface area contributed by atoms with Crippen LogP contribution in [0.1, 0.15) is 5.56 Å². The van der Waals surface area contributed by atoms with Crippen LogP contribution in [0.3, 0.4) is 0 Å². The molecule has 3 N–H and O–H groups in total. The number of thioether (sulfide) groups is 1. The standard InChI is InChI=1S/C10H15NOS/c1-13-10-4-2-8(3-5-10)6-9(12)7-11/h2-5,9,12H,6-7,11H2,1H3. The highest BCUT2D eigenvalue weighted by molar-refractivity contribution is 7.98. The second kappa shape index (κ2) is 5.27. The van der Waals surface area contributed by atoms with Gasteiger partial charge in [0.05, 0.1) is 6.10 Å². The summed E-state index contributed by atoms with van der Waals surface area (Å²) in [6.07, 6.45) is 2.27. The first-order valence-corrected chi connectivity index (χ1v) is 5.49. The predicted molar refractivity (Wildman–Crippen MR) is 57.0 cm³/mol. The summed E-state index contributed by atoms with van der Waals surface area (Å²) < 4.78 is 0. The third-order valence-electron chi connectivity index (χ3n) is 1.90. The van der Waals surface area contributed by atoms with E-state index in [1.807, 2.05) is 18.4 Å². The van der Waals surface area contributed by atoms with Gasteiger partial charge in [0.1, 0.15) is 0 Å². The highest BCUT2D eigenvalue weighted by Crippen LogP contribution is 2.15. The molecule has 0 bridgehead atoms. The maximum absolute atomic E-state index is 9.31. The number of aliphatic hydroxyl groups is 1. The van der Waals surface area contributed by atoms with Gasteiger partial charge in [-0.2, -0.15) is 0 Å². The number of hydrogen-bond donors (Lipinski definition) is 2. The first-order valence-electron chi connectivity index (χ1n) is 4.27. The summed E-state index contributed by atoms with van der Waals surface area (Å²) in [6.45, 7) is 0.324. The molecule has 0 spiro atoms. The average molecular weight is 197 g/mol. The van der Waals surface area contributed by atoms with Crippen molar-refractivity contribution in [1.82, 2.24) is 0 Å². The maximum Gasteiger partial charge on any atom is 0.0702 e. The summed E-state index contributed by atoms with van der Waals surface area (Å²) in [6, 6.07) is 8.18. The molecule has 0 saturated carbocycles. The van der Waals surface area contributed by atoms with E-state index < -0.39 is 6.10 Å². The smallest absolute Gasteiger partial charge is 0.0702 e. The zero-order valence-electron chi connectivity index (χ0n) is 7.73. The minimum Gasteiger partial charge on any atom is -0.391 e. The zero-order chi connectivity index (χ0) is 9.68. The summed E-state index contributed by atoms with van der Waals surface area (Å²) >= 11 is 1.71. The molecule has 0 radical (unpaired) electrons. The van der Waals surface area contributed by atoms with Crippen LogP contribution in [0.25, 0.3) is 0 Å². The highest BCUT2D eigenvalue weighted by atomic mass is 32.2. The fourth-order valence-corrected chi connectivity index (χ4v) is 1.53. The zero-order valence-corrected chi connectivity index (χ0v) is 8.55. The van der Waals surface area contributed by atoms with Gasteiger partial charge in [-0.25, -0.2) is 0 Å². The largest absolute Gasteiger partial charge is 0.391 e. The van der Waals surface area contributed by atoms with Gasteiger partial charge < -0.3 is 10.8 Å². The number of nitrogens with two attached hydrogens (primary N) is 1. The summed E-state index contributed by atoms with van der Waals surface area (Å²) in [5.41, 5.74) is 6.46. The molecule has 1 atom stereocenters. The van der Waals surface area contributed by atoms with Gasteiger partial charge in [-0.1, -0.05) is 12.1 Å². The molecule has 0 aromatic heterocycles. The molecule has 3 heteroatoms. The van der Waals surface area contributed by atoms with Gasteiger partial charge in [0.2, 0.25) is 0 Å². The Balaban J connectivity index is 2.58. The van der Waals surface area contributed by atoms with E-state index in [1.165, 1.54) is 4.90 Å². The van der Waals surface area contributed by atoms with Crippen LogP contribution in [-0.4, -0.2) is 24.0 Å². The van der Waals surface area contributed by atoms with Crippen molar-refractivity contribution in [2.24, 2.45) is 5.73 Å². The molecule has 1 rings (SSSR count). The summed E-state index contributed by atoms with van der Waals surface area (Å²) in [4.78, 5) is 1.24. The molecule has 0 heterocycles. The molecule has 0 amide bonds. The predicted octanol–water partition coefficient (Wildman–Crippen LogP) is 1.27. The topological polar surface area (TPSA) is 46.2 Å². The Kier molecular flexibility index (Phi) is 4.28. The van der Waals surface area contributed by atoms with Crippen LogP contribution in [0.5, 0.6) is 0 Å². The van der Waals surface area contributed by atoms with E-state index in [2.05, 4.69) is 12.1 Å². The third-order valence-corrected chi connectivity index (χ3v) is 2.65. The SMILES string of the molecule is CSc1ccc(CC(O)CN)cc1. The van der Waals surface area contributed by atoms with E-state index in [1.54, 1.807) is 11.8 Å². The Morgan fingerprint density at radius 1 is 1.38 bits per heavy atom. The summed E-state index contributed by atoms with van der Waals surface area (Å²) in [5, 5.41) is 9.31. The molecule has 0 aliphatic heterocycles. The Labute approximate surface area is 83.1 Å². The van der Waals surface area contributed by atoms with Crippen LogP contribution < -0.4 is 5.73 Å². The van der Waals surface area contributed by atoms with Crippen molar-refractivity contribution in [1.29, 1.82) is 0 Å². The van der Waals surface area contributed by atoms with Crippen LogP contribution in [-0.2, 0) is 6.42 Å². The fraction of sp³-hybridized carbons (Fsp3) is 0.400. The molecule has 72 valence electrons. The minimum absolute atomic E-state index is 0.324. The van der Waals surface area contributed by atoms with Crippen molar-refractivity contribution in [3.05, 3.63) is 29.8 Å². The lowest BCUT2D eigenvalue weighted by Gasteiger charge is -2.07. The molecule has 1 unspecified atom stereocenters. The van der Waals surface area contributed by atoms with Gasteiger partial charge in [-0.05, 0) is 30.4 Å². The normalized spacial score (nSPS) is 12.8. The van der Waals surface area contributed by atoms with Gasteiger partial charge in [-0.3, -0.25) is 0 Å². The number of benzene rings is 1. The lowest BCUT2D eigenvalue weighted by Crippen LogP contribution is -2.21. The fourth-order valence-electron chi connectivity index (χ4n) is 1.12. The molecule has 1 aromatic rings. The molecule has 13 heavy (non-hydrogen) atoms. The second-order valence-corrected chi connectivity index (χ2v) is 3.82. The van der Waals surface area contributed by atoms with Crippen LogP contribution >= 0.6 is 11.8 Å². The van der Waals surface area contributed by atoms with Gasteiger partial charge in [-0.15, -0.1) is 11.8 Å². The Morgan fingerprint density at radius 3 is 2.46 bits per heavy atom. The molecular weight excluding hydrogens is 182 g/mol. The van der Waals surface area contributed by atoms with Crippen molar-refractivity contribution in [2.45, 2.75) is 17.4 Å². The van der Waals surface area contributed by atoms with Crippen molar-refractivity contribution >= 4 is 11.8 Å². The van der Waals surface area contributed by atoms with Gasteiger partial charge in [0.25, 0.3) is 0 Å². The molecule has 2 nitrogen and oxygen atoms in total. The Morgan fingerprint density at radius 2 is 2.00 bits per heavy atom. The van der Waals surface area contributed by atoms with Crippen LogP contribution in [0.4, 0.5) is 0 Å². The van der Waals surface area contributed by atoms with Gasteiger partial charge >= 0.3 is 0 Å². The number of aliphatic hydroxyl groups excluding tert-OH is 1. The average Bonchev–Trinajstić information content (AvgIpc) is 2.19. The van der Waals surface area contributed by atoms with Crippen LogP contribution in [0.2, 0.25) is 0 Å². The van der Waals surface area contributed by atoms with Crippen molar-refractivity contribution in [3.8, 4) is 0 Å². The number of rotatable bonds is 4. The summed E-state index contributed by atoms with van der Waals surface area (Å²) in [5.74, 6) is 0. The van der Waals surface area contributed by atoms with E-state index >= 15 is 0 Å². The molecule has 1 aromatic carbocycles. The van der Waals surface area contributed by atoms with E-state index in [0.29, 0.717) is 13.0 Å². The van der Waals surface area contributed by atoms with E-state index in [4.69, 9.17) is 5.73 Å². The first-order chi connectivity index (χ1) is 6.26. The molecule has 0 fully saturated rings. The van der Waals surface area contributed by atoms with Crippen molar-refractivity contribution in [3.63, 3.8) is 0 Å². The molecule has 0 aliphatic carbocycles. The van der Waals surface area contributed by atoms with Gasteiger partial charge in [0.15, 0.2) is 0 Å². The van der Waals surface area contributed by atoms with E-state index in [-0.39, 0.29) is 0 Å². The first kappa shape index (κ1) is 10.6. The lowest BCUT2D eigenvalue weighted by atomic mass is 10.1. The Bertz CT molecular complexity index is 248. The number of hydrogen-bond acceptors (Lipinski definition) is 3. The van der Waals surface area contributed by atoms with Crippen LogP contribution in [0.15, 0.2) is 29.2 Å². The van der Waals surface area contributed by atoms with Gasteiger partial charge in [0, 0.05) is 11.4 Å². The molecular formula is C10H15NOS. The molecule has 0 aliphatic rings. The minimum atomic E-state index is -0.417. The van der Waals surface area contributed by atoms with E-state index in [9.17, 15) is 5.11 Å². The summed E-state index contributed by atoms with van der Waals surface area (Å²) in [7, 11) is 0.